The number of methoxy groups -OCH3 is 1. The zero-order valence-electron chi connectivity index (χ0n) is 22.9. The standard InChI is InChI=1S/C16H21NO6.C13H22O/c1-4-11(18)14-12(19)9-13(23-15(14)20)10(2)7-5-6-8-17-16(21)22-3;1-3-5-6-7-9-13-11-10-12(14-13)8-4-2/h6,8-10,19H,4-5,7H2,1-3H3,(H,17,21);10-11H,3-9H2,1-2H3/b8-6+;. The lowest BCUT2D eigenvalue weighted by molar-refractivity contribution is 0.0980. The Morgan fingerprint density at radius 3 is 2.35 bits per heavy atom. The molecule has 2 N–H and O–H groups in total. The van der Waals surface area contributed by atoms with Crippen molar-refractivity contribution in [3.63, 3.8) is 0 Å². The summed E-state index contributed by atoms with van der Waals surface area (Å²) in [5, 5.41) is 12.3. The molecule has 8 nitrogen and oxygen atoms in total. The number of carbonyl (C=O) groups excluding carboxylic acids is 2. The molecule has 1 amide bonds. The van der Waals surface area contributed by atoms with Gasteiger partial charge in [0.2, 0.25) is 0 Å². The van der Waals surface area contributed by atoms with E-state index in [1.165, 1.54) is 57.2 Å². The van der Waals surface area contributed by atoms with Crippen molar-refractivity contribution in [2.75, 3.05) is 7.11 Å². The average Bonchev–Trinajstić information content (AvgIpc) is 3.33. The number of carbonyl (C=O) groups is 2. The number of hydrogen-bond donors (Lipinski definition) is 2. The Morgan fingerprint density at radius 1 is 1.05 bits per heavy atom. The number of rotatable bonds is 14. The van der Waals surface area contributed by atoms with Crippen molar-refractivity contribution in [3.8, 4) is 5.75 Å². The summed E-state index contributed by atoms with van der Waals surface area (Å²) in [5.41, 5.74) is -1.12. The number of hydrogen-bond acceptors (Lipinski definition) is 7. The predicted octanol–water partition coefficient (Wildman–Crippen LogP) is 7.05. The summed E-state index contributed by atoms with van der Waals surface area (Å²) in [5.74, 6) is 1.70. The number of amides is 1. The number of Topliss-reactive ketones (excluding diaryl/α,β-unsaturated/α-hetero) is 1. The van der Waals surface area contributed by atoms with Gasteiger partial charge in [-0.05, 0) is 37.8 Å². The van der Waals surface area contributed by atoms with Gasteiger partial charge in [-0.1, -0.05) is 53.0 Å². The molecule has 0 radical (unpaired) electrons. The lowest BCUT2D eigenvalue weighted by Crippen LogP contribution is -2.16. The molecule has 0 aliphatic heterocycles. The fourth-order valence-corrected chi connectivity index (χ4v) is 3.60. The van der Waals surface area contributed by atoms with Crippen LogP contribution in [-0.2, 0) is 17.6 Å². The number of alkyl carbamates (subject to hydrolysis) is 1. The number of furan rings is 1. The monoisotopic (exact) mass is 517 g/mol. The third-order valence-electron chi connectivity index (χ3n) is 5.80. The molecular weight excluding hydrogens is 474 g/mol. The van der Waals surface area contributed by atoms with Crippen molar-refractivity contribution >= 4 is 11.9 Å². The highest BCUT2D eigenvalue weighted by Gasteiger charge is 2.19. The topological polar surface area (TPSA) is 119 Å². The maximum absolute atomic E-state index is 11.8. The van der Waals surface area contributed by atoms with Gasteiger partial charge in [-0.3, -0.25) is 10.1 Å². The van der Waals surface area contributed by atoms with E-state index in [0.29, 0.717) is 18.6 Å². The van der Waals surface area contributed by atoms with E-state index in [1.54, 1.807) is 13.0 Å². The van der Waals surface area contributed by atoms with Crippen LogP contribution in [0.2, 0.25) is 0 Å². The quantitative estimate of drug-likeness (QED) is 0.204. The highest BCUT2D eigenvalue weighted by atomic mass is 16.5. The molecule has 0 spiro atoms. The van der Waals surface area contributed by atoms with Crippen LogP contribution in [0.5, 0.6) is 5.75 Å². The number of aromatic hydroxyl groups is 1. The molecule has 0 saturated carbocycles. The molecule has 0 saturated heterocycles. The third kappa shape index (κ3) is 12.0. The van der Waals surface area contributed by atoms with Crippen LogP contribution in [0.1, 0.15) is 113 Å². The fraction of sp³-hybridized carbons (Fsp3) is 0.552. The highest BCUT2D eigenvalue weighted by molar-refractivity contribution is 5.97. The summed E-state index contributed by atoms with van der Waals surface area (Å²) in [6.07, 6.45) is 12.6. The van der Waals surface area contributed by atoms with Crippen LogP contribution in [0, 0.1) is 0 Å². The molecule has 2 rings (SSSR count). The van der Waals surface area contributed by atoms with E-state index in [0.717, 1.165) is 18.6 Å². The minimum atomic E-state index is -0.818. The van der Waals surface area contributed by atoms with Gasteiger partial charge in [0, 0.05) is 37.4 Å². The largest absolute Gasteiger partial charge is 0.507 e. The zero-order chi connectivity index (χ0) is 27.6. The smallest absolute Gasteiger partial charge is 0.410 e. The van der Waals surface area contributed by atoms with E-state index in [1.807, 2.05) is 6.92 Å². The Balaban J connectivity index is 0.000000417. The molecule has 0 aliphatic rings. The van der Waals surface area contributed by atoms with E-state index in [2.05, 4.69) is 36.0 Å². The van der Waals surface area contributed by atoms with Crippen molar-refractivity contribution in [2.24, 2.45) is 0 Å². The molecule has 0 aliphatic carbocycles. The van der Waals surface area contributed by atoms with Gasteiger partial charge in [-0.25, -0.2) is 9.59 Å². The van der Waals surface area contributed by atoms with Crippen LogP contribution in [0.15, 0.2) is 44.1 Å². The molecular formula is C29H43NO7. The molecule has 1 unspecified atom stereocenters. The first-order valence-electron chi connectivity index (χ1n) is 13.2. The van der Waals surface area contributed by atoms with Crippen molar-refractivity contribution in [2.45, 2.75) is 97.8 Å². The first kappa shape index (κ1) is 31.7. The summed E-state index contributed by atoms with van der Waals surface area (Å²) < 4.78 is 15.2. The van der Waals surface area contributed by atoms with Crippen LogP contribution >= 0.6 is 0 Å². The van der Waals surface area contributed by atoms with Crippen LogP contribution in [0.3, 0.4) is 0 Å². The van der Waals surface area contributed by atoms with E-state index in [-0.39, 0.29) is 23.7 Å². The van der Waals surface area contributed by atoms with Crippen LogP contribution < -0.4 is 10.9 Å². The van der Waals surface area contributed by atoms with Gasteiger partial charge >= 0.3 is 11.7 Å². The fourth-order valence-electron chi connectivity index (χ4n) is 3.60. The first-order chi connectivity index (χ1) is 17.8. The molecule has 206 valence electrons. The van der Waals surface area contributed by atoms with Gasteiger partial charge in [0.1, 0.15) is 28.6 Å². The number of ether oxygens (including phenoxy) is 1. The number of allylic oxidation sites excluding steroid dienone is 1. The van der Waals surface area contributed by atoms with E-state index in [9.17, 15) is 19.5 Å². The molecule has 0 aromatic carbocycles. The van der Waals surface area contributed by atoms with Crippen LogP contribution in [0.25, 0.3) is 0 Å². The summed E-state index contributed by atoms with van der Waals surface area (Å²) in [4.78, 5) is 34.2. The molecule has 1 atom stereocenters. The summed E-state index contributed by atoms with van der Waals surface area (Å²) in [6.45, 7) is 7.86. The summed E-state index contributed by atoms with van der Waals surface area (Å²) >= 11 is 0. The average molecular weight is 518 g/mol. The minimum absolute atomic E-state index is 0.116. The number of ketones is 1. The van der Waals surface area contributed by atoms with Crippen molar-refractivity contribution < 1.29 is 28.3 Å². The van der Waals surface area contributed by atoms with Crippen LogP contribution in [0.4, 0.5) is 4.79 Å². The molecule has 2 aromatic heterocycles. The Kier molecular flexibility index (Phi) is 15.5. The van der Waals surface area contributed by atoms with Crippen molar-refractivity contribution in [3.05, 3.63) is 63.7 Å². The number of aryl methyl sites for hydroxylation is 2. The molecule has 2 heterocycles. The van der Waals surface area contributed by atoms with Gasteiger partial charge in [0.25, 0.3) is 0 Å². The van der Waals surface area contributed by atoms with Gasteiger partial charge in [-0.15, -0.1) is 0 Å². The lowest BCUT2D eigenvalue weighted by Gasteiger charge is -2.10. The Labute approximate surface area is 220 Å². The summed E-state index contributed by atoms with van der Waals surface area (Å²) in [6, 6.07) is 5.57. The molecule has 37 heavy (non-hydrogen) atoms. The molecule has 2 aromatic rings. The maximum atomic E-state index is 11.8. The Bertz CT molecular complexity index is 1040. The second-order valence-corrected chi connectivity index (χ2v) is 8.92. The predicted molar refractivity (Wildman–Crippen MR) is 144 cm³/mol. The minimum Gasteiger partial charge on any atom is -0.507 e. The normalized spacial score (nSPS) is 11.6. The molecule has 0 fully saturated rings. The van der Waals surface area contributed by atoms with Gasteiger partial charge < -0.3 is 18.7 Å². The number of nitrogens with one attached hydrogen (secondary N) is 1. The molecule has 8 heteroatoms. The lowest BCUT2D eigenvalue weighted by atomic mass is 10.0. The second-order valence-electron chi connectivity index (χ2n) is 8.92. The van der Waals surface area contributed by atoms with E-state index >= 15 is 0 Å². The van der Waals surface area contributed by atoms with Gasteiger partial charge in [0.05, 0.1) is 7.11 Å². The zero-order valence-corrected chi connectivity index (χ0v) is 22.9. The first-order valence-corrected chi connectivity index (χ1v) is 13.2. The maximum Gasteiger partial charge on any atom is 0.410 e. The number of unbranched alkanes of at least 4 members (excludes halogenated alkanes) is 3. The van der Waals surface area contributed by atoms with Gasteiger partial charge in [0.15, 0.2) is 5.78 Å². The van der Waals surface area contributed by atoms with E-state index < -0.39 is 17.5 Å². The Hall–Kier alpha value is -3.29. The summed E-state index contributed by atoms with van der Waals surface area (Å²) in [7, 11) is 1.27. The van der Waals surface area contributed by atoms with Gasteiger partial charge in [-0.2, -0.15) is 0 Å². The van der Waals surface area contributed by atoms with Crippen LogP contribution in [-0.4, -0.2) is 24.1 Å². The highest BCUT2D eigenvalue weighted by Crippen LogP contribution is 2.25. The second kappa shape index (κ2) is 18.0. The Morgan fingerprint density at radius 2 is 1.76 bits per heavy atom. The van der Waals surface area contributed by atoms with Crippen molar-refractivity contribution in [1.29, 1.82) is 0 Å². The third-order valence-corrected chi connectivity index (χ3v) is 5.80. The SMILES string of the molecule is CCC(=O)c1c(O)cc(C(C)CC/C=C/NC(=O)OC)oc1=O.CCCCCCc1ccc(CCC)o1. The molecule has 0 bridgehead atoms. The van der Waals surface area contributed by atoms with Crippen molar-refractivity contribution in [1.82, 2.24) is 5.32 Å². The van der Waals surface area contributed by atoms with E-state index in [4.69, 9.17) is 8.83 Å².